The first-order valence-corrected chi connectivity index (χ1v) is 6.49. The van der Waals surface area contributed by atoms with Crippen LogP contribution in [-0.4, -0.2) is 0 Å². The highest BCUT2D eigenvalue weighted by atomic mass is 127. The molecule has 0 amide bonds. The second-order valence-electron chi connectivity index (χ2n) is 1.28. The summed E-state index contributed by atoms with van der Waals surface area (Å²) in [5, 5.41) is 4.94. The van der Waals surface area contributed by atoms with Crippen LogP contribution in [0.3, 0.4) is 0 Å². The molecule has 0 atom stereocenters. The zero-order valence-corrected chi connectivity index (χ0v) is 8.22. The number of thiophene rings is 1. The van der Waals surface area contributed by atoms with Gasteiger partial charge in [-0.05, 0) is 31.6 Å². The first-order valence-electron chi connectivity index (χ1n) is 2.25. The molecule has 0 saturated heterocycles. The molecule has 0 fully saturated rings. The topological polar surface area (TPSA) is 0 Å². The van der Waals surface area contributed by atoms with Crippen molar-refractivity contribution in [1.82, 2.24) is 0 Å². The van der Waals surface area contributed by atoms with Crippen LogP contribution in [0.1, 0.15) is 4.88 Å². The molecule has 0 aliphatic carbocycles. The normalized spacial score (nSPS) is 8.11. The smallest absolute Gasteiger partial charge is 0.0777 e. The Bertz CT molecular complexity index is 217. The van der Waals surface area contributed by atoms with Crippen molar-refractivity contribution < 1.29 is 0 Å². The summed E-state index contributed by atoms with van der Waals surface area (Å²) in [5.74, 6) is 3.00. The number of hydrogen-bond donors (Lipinski definition) is 0. The number of rotatable bonds is 0. The third-order valence-electron chi connectivity index (χ3n) is 0.734. The third kappa shape index (κ3) is 2.61. The fourth-order valence-corrected chi connectivity index (χ4v) is 1.53. The summed E-state index contributed by atoms with van der Waals surface area (Å²) >= 11 is 3.83. The summed E-state index contributed by atoms with van der Waals surface area (Å²) in [4.78, 5) is 1.14. The highest BCUT2D eigenvalue weighted by Crippen LogP contribution is 2.10. The lowest BCUT2D eigenvalue weighted by Crippen LogP contribution is -1.53. The molecular weight excluding hydrogens is 263 g/mol. The molecule has 0 radical (unpaired) electrons. The molecule has 1 heterocycles. The molecule has 0 N–H and O–H groups in total. The van der Waals surface area contributed by atoms with Crippen molar-refractivity contribution in [3.63, 3.8) is 0 Å². The largest absolute Gasteiger partial charge is 0.135 e. The minimum Gasteiger partial charge on any atom is -0.135 e. The maximum atomic E-state index is 3.00. The van der Waals surface area contributed by atoms with Crippen molar-refractivity contribution in [3.8, 4) is 11.2 Å². The van der Waals surface area contributed by atoms with E-state index in [1.807, 2.05) is 17.5 Å². The van der Waals surface area contributed by atoms with Crippen molar-refractivity contribution in [1.29, 1.82) is 0 Å². The zero-order chi connectivity index (χ0) is 6.53. The fraction of sp³-hybridized carbons (Fsp3) is 0. The highest BCUT2D eigenvalue weighted by Gasteiger charge is 1.81. The monoisotopic (exact) mass is 266 g/mol. The van der Waals surface area contributed by atoms with Gasteiger partial charge in [0, 0.05) is 21.2 Å². The maximum absolute atomic E-state index is 3.00. The minimum absolute atomic E-state index is 1.14. The van der Waals surface area contributed by atoms with Gasteiger partial charge < -0.3 is 0 Å². The van der Waals surface area contributed by atoms with Crippen LogP contribution in [0, 0.1) is 11.2 Å². The average Bonchev–Trinajstić information content (AvgIpc) is 2.34. The van der Waals surface area contributed by atoms with E-state index in [0.717, 1.165) is 4.88 Å². The summed E-state index contributed by atoms with van der Waals surface area (Å²) in [6.07, 6.45) is 0. The van der Waals surface area contributed by atoms with E-state index < -0.39 is 0 Å². The van der Waals surface area contributed by atoms with Gasteiger partial charge in [-0.3, -0.25) is 0 Å². The van der Waals surface area contributed by atoms with Crippen LogP contribution in [-0.2, 0) is 0 Å². The third-order valence-corrected chi connectivity index (χ3v) is 2.36. The van der Waals surface area contributed by atoms with Gasteiger partial charge in [0.05, 0.1) is 4.88 Å². The molecule has 46 valence electrons. The molecule has 0 aromatic carbocycles. The van der Waals surface area contributed by atoms with Gasteiger partial charge in [-0.1, -0.05) is 6.07 Å². The second kappa shape index (κ2) is 4.20. The van der Waals surface area contributed by atoms with Crippen LogP contribution in [0.2, 0.25) is 0 Å². The molecule has 1 rings (SSSR count). The molecule has 1 aromatic heterocycles. The van der Waals surface area contributed by atoms with Crippen molar-refractivity contribution in [2.75, 3.05) is 0 Å². The summed E-state index contributed by atoms with van der Waals surface area (Å²) in [5.41, 5.74) is 0. The van der Waals surface area contributed by atoms with Gasteiger partial charge in [0.15, 0.2) is 0 Å². The van der Waals surface area contributed by atoms with Crippen LogP contribution >= 0.6 is 41.5 Å². The second-order valence-corrected chi connectivity index (χ2v) is 3.91. The lowest BCUT2D eigenvalue weighted by Gasteiger charge is -1.71. The molecular formula is C6H3IS2. The van der Waals surface area contributed by atoms with Gasteiger partial charge in [0.2, 0.25) is 0 Å². The number of hydrogen-bond acceptors (Lipinski definition) is 2. The predicted octanol–water partition coefficient (Wildman–Crippen LogP) is 3.14. The quantitative estimate of drug-likeness (QED) is 0.513. The molecule has 0 aliphatic rings. The van der Waals surface area contributed by atoms with E-state index in [4.69, 9.17) is 0 Å². The van der Waals surface area contributed by atoms with E-state index in [9.17, 15) is 0 Å². The first kappa shape index (κ1) is 7.45. The average molecular weight is 266 g/mol. The number of halogens is 1. The molecule has 0 aliphatic heterocycles. The molecule has 0 saturated carbocycles. The van der Waals surface area contributed by atoms with Gasteiger partial charge in [-0.15, -0.1) is 11.3 Å². The van der Waals surface area contributed by atoms with E-state index in [1.165, 1.54) is 8.93 Å². The van der Waals surface area contributed by atoms with E-state index in [1.54, 1.807) is 11.3 Å². The Kier molecular flexibility index (Phi) is 3.48. The van der Waals surface area contributed by atoms with E-state index in [2.05, 4.69) is 32.4 Å². The summed E-state index contributed by atoms with van der Waals surface area (Å²) in [6, 6.07) is 4.02. The molecule has 1 aromatic rings. The SMILES string of the molecule is ISC#Cc1cccs1. The maximum Gasteiger partial charge on any atom is 0.0777 e. The molecule has 0 nitrogen and oxygen atoms in total. The Morgan fingerprint density at radius 3 is 3.11 bits per heavy atom. The predicted molar refractivity (Wildman–Crippen MR) is 52.8 cm³/mol. The Morgan fingerprint density at radius 2 is 2.56 bits per heavy atom. The Labute approximate surface area is 74.6 Å². The van der Waals surface area contributed by atoms with Gasteiger partial charge in [0.1, 0.15) is 0 Å². The van der Waals surface area contributed by atoms with Crippen molar-refractivity contribution in [2.45, 2.75) is 0 Å². The lowest BCUT2D eigenvalue weighted by atomic mass is 10.5. The van der Waals surface area contributed by atoms with E-state index in [0.29, 0.717) is 0 Å². The van der Waals surface area contributed by atoms with Gasteiger partial charge in [-0.2, -0.15) is 0 Å². The Morgan fingerprint density at radius 1 is 1.67 bits per heavy atom. The van der Waals surface area contributed by atoms with Crippen molar-refractivity contribution >= 4 is 41.5 Å². The van der Waals surface area contributed by atoms with Gasteiger partial charge in [0.25, 0.3) is 0 Å². The van der Waals surface area contributed by atoms with Crippen LogP contribution < -0.4 is 0 Å². The molecule has 0 spiro atoms. The summed E-state index contributed by atoms with van der Waals surface area (Å²) in [6.45, 7) is 0. The standard InChI is InChI=1S/C6H3IS2/c7-9-5-3-6-2-1-4-8-6/h1-2,4H. The molecule has 0 bridgehead atoms. The van der Waals surface area contributed by atoms with Crippen LogP contribution in [0.5, 0.6) is 0 Å². The first-order chi connectivity index (χ1) is 4.43. The van der Waals surface area contributed by atoms with Gasteiger partial charge in [-0.25, -0.2) is 0 Å². The van der Waals surface area contributed by atoms with E-state index >= 15 is 0 Å². The minimum atomic E-state index is 1.14. The molecule has 0 unspecified atom stereocenters. The van der Waals surface area contributed by atoms with E-state index in [-0.39, 0.29) is 0 Å². The zero-order valence-electron chi connectivity index (χ0n) is 4.43. The molecule has 3 heteroatoms. The highest BCUT2D eigenvalue weighted by molar-refractivity contribution is 14.2. The Balaban J connectivity index is 2.67. The Hall–Kier alpha value is 0.340. The molecule has 9 heavy (non-hydrogen) atoms. The van der Waals surface area contributed by atoms with Crippen LogP contribution in [0.25, 0.3) is 0 Å². The lowest BCUT2D eigenvalue weighted by molar-refractivity contribution is 1.95. The van der Waals surface area contributed by atoms with Crippen molar-refractivity contribution in [3.05, 3.63) is 22.4 Å². The van der Waals surface area contributed by atoms with Crippen LogP contribution in [0.15, 0.2) is 17.5 Å². The summed E-state index contributed by atoms with van der Waals surface area (Å²) < 4.78 is 0. The van der Waals surface area contributed by atoms with Crippen LogP contribution in [0.4, 0.5) is 0 Å². The fourth-order valence-electron chi connectivity index (χ4n) is 0.419. The summed E-state index contributed by atoms with van der Waals surface area (Å²) in [7, 11) is 1.52. The van der Waals surface area contributed by atoms with Crippen molar-refractivity contribution in [2.24, 2.45) is 0 Å². The van der Waals surface area contributed by atoms with Gasteiger partial charge >= 0.3 is 0 Å².